The van der Waals surface area contributed by atoms with E-state index in [1.807, 2.05) is 0 Å². The zero-order chi connectivity index (χ0) is 44.6. The van der Waals surface area contributed by atoms with Crippen LogP contribution in [0.1, 0.15) is 25.0 Å². The van der Waals surface area contributed by atoms with Gasteiger partial charge in [-0.25, -0.2) is 0 Å². The molecular formula is C67H46. The molecule has 0 aliphatic heterocycles. The van der Waals surface area contributed by atoms with Crippen LogP contribution in [0.5, 0.6) is 0 Å². The summed E-state index contributed by atoms with van der Waals surface area (Å²) in [6.07, 6.45) is 0. The van der Waals surface area contributed by atoms with Crippen LogP contribution in [0.4, 0.5) is 0 Å². The molecule has 0 nitrogen and oxygen atoms in total. The highest BCUT2D eigenvalue weighted by atomic mass is 14.4. The normalized spacial score (nSPS) is 12.7. The van der Waals surface area contributed by atoms with Crippen molar-refractivity contribution in [3.8, 4) is 77.9 Å². The number of hydrogen-bond donors (Lipinski definition) is 0. The summed E-state index contributed by atoms with van der Waals surface area (Å²) in [4.78, 5) is 0. The molecule has 0 heteroatoms. The third-order valence-electron chi connectivity index (χ3n) is 14.6. The van der Waals surface area contributed by atoms with Crippen molar-refractivity contribution in [2.24, 2.45) is 0 Å². The third kappa shape index (κ3) is 6.51. The van der Waals surface area contributed by atoms with Gasteiger partial charge in [0, 0.05) is 5.41 Å². The predicted octanol–water partition coefficient (Wildman–Crippen LogP) is 18.6. The molecule has 0 atom stereocenters. The Morgan fingerprint density at radius 2 is 0.552 bits per heavy atom. The van der Waals surface area contributed by atoms with Crippen LogP contribution in [0.3, 0.4) is 0 Å². The van der Waals surface area contributed by atoms with Gasteiger partial charge in [0.05, 0.1) is 0 Å². The van der Waals surface area contributed by atoms with Crippen molar-refractivity contribution < 1.29 is 0 Å². The highest BCUT2D eigenvalue weighted by Gasteiger charge is 2.36. The van der Waals surface area contributed by atoms with Crippen LogP contribution in [0.25, 0.3) is 121 Å². The van der Waals surface area contributed by atoms with Crippen molar-refractivity contribution in [1.82, 2.24) is 0 Å². The van der Waals surface area contributed by atoms with Gasteiger partial charge in [-0.1, -0.05) is 214 Å². The molecule has 0 unspecified atom stereocenters. The first-order valence-corrected chi connectivity index (χ1v) is 23.5. The number of benzene rings is 12. The van der Waals surface area contributed by atoms with Crippen LogP contribution >= 0.6 is 0 Å². The van der Waals surface area contributed by atoms with Crippen molar-refractivity contribution in [3.63, 3.8) is 0 Å². The molecular weight excluding hydrogens is 805 g/mol. The molecule has 0 N–H and O–H groups in total. The highest BCUT2D eigenvalue weighted by Crippen LogP contribution is 2.51. The van der Waals surface area contributed by atoms with E-state index in [9.17, 15) is 0 Å². The lowest BCUT2D eigenvalue weighted by molar-refractivity contribution is 0.661. The molecule has 314 valence electrons. The first-order chi connectivity index (χ1) is 32.9. The Kier molecular flexibility index (Phi) is 8.98. The minimum absolute atomic E-state index is 0.138. The zero-order valence-corrected chi connectivity index (χ0v) is 37.6. The van der Waals surface area contributed by atoms with Crippen molar-refractivity contribution in [2.75, 3.05) is 0 Å². The first-order valence-electron chi connectivity index (χ1n) is 23.5. The molecule has 0 aromatic heterocycles. The van der Waals surface area contributed by atoms with Crippen LogP contribution in [0.2, 0.25) is 0 Å². The summed E-state index contributed by atoms with van der Waals surface area (Å²) in [6, 6.07) is 90.2. The molecule has 0 bridgehead atoms. The molecule has 0 fully saturated rings. The number of rotatable bonds is 6. The van der Waals surface area contributed by atoms with Gasteiger partial charge in [0.2, 0.25) is 0 Å². The van der Waals surface area contributed by atoms with Gasteiger partial charge >= 0.3 is 0 Å². The Bertz CT molecular complexity index is 3880. The first kappa shape index (κ1) is 39.1. The van der Waals surface area contributed by atoms with E-state index >= 15 is 0 Å². The summed E-state index contributed by atoms with van der Waals surface area (Å²) in [5.41, 5.74) is 20.2. The Morgan fingerprint density at radius 3 is 1.10 bits per heavy atom. The summed E-state index contributed by atoms with van der Waals surface area (Å²) >= 11 is 0. The quantitative estimate of drug-likeness (QED) is 0.146. The van der Waals surface area contributed by atoms with Gasteiger partial charge in [0.25, 0.3) is 0 Å². The van der Waals surface area contributed by atoms with Crippen molar-refractivity contribution >= 4 is 43.1 Å². The van der Waals surface area contributed by atoms with Crippen LogP contribution < -0.4 is 0 Å². The molecule has 1 aliphatic carbocycles. The minimum atomic E-state index is -0.138. The van der Waals surface area contributed by atoms with Gasteiger partial charge in [0.1, 0.15) is 0 Å². The van der Waals surface area contributed by atoms with E-state index in [1.165, 1.54) is 132 Å². The molecule has 13 rings (SSSR count). The zero-order valence-electron chi connectivity index (χ0n) is 37.6. The molecule has 67 heavy (non-hydrogen) atoms. The lowest BCUT2D eigenvalue weighted by atomic mass is 9.80. The molecule has 0 heterocycles. The van der Waals surface area contributed by atoms with Crippen LogP contribution in [0, 0.1) is 0 Å². The van der Waals surface area contributed by atoms with Gasteiger partial charge < -0.3 is 0 Å². The maximum absolute atomic E-state index is 2.44. The lowest BCUT2D eigenvalue weighted by Crippen LogP contribution is -2.15. The van der Waals surface area contributed by atoms with Gasteiger partial charge in [-0.3, -0.25) is 0 Å². The van der Waals surface area contributed by atoms with Crippen LogP contribution in [-0.2, 0) is 5.41 Å². The summed E-state index contributed by atoms with van der Waals surface area (Å²) in [6.45, 7) is 4.77. The maximum atomic E-state index is 2.44. The van der Waals surface area contributed by atoms with Gasteiger partial charge in [-0.05, 0) is 175 Å². The Morgan fingerprint density at radius 1 is 0.224 bits per heavy atom. The van der Waals surface area contributed by atoms with E-state index in [4.69, 9.17) is 0 Å². The monoisotopic (exact) mass is 850 g/mol. The van der Waals surface area contributed by atoms with E-state index in [-0.39, 0.29) is 5.41 Å². The highest BCUT2D eigenvalue weighted by molar-refractivity contribution is 6.22. The third-order valence-corrected chi connectivity index (χ3v) is 14.6. The average molecular weight is 851 g/mol. The van der Waals surface area contributed by atoms with Crippen molar-refractivity contribution in [2.45, 2.75) is 19.3 Å². The van der Waals surface area contributed by atoms with Gasteiger partial charge in [0.15, 0.2) is 0 Å². The Labute approximate surface area is 392 Å². The van der Waals surface area contributed by atoms with Crippen molar-refractivity contribution in [3.05, 3.63) is 254 Å². The average Bonchev–Trinajstić information content (AvgIpc) is 3.62. The molecule has 0 spiro atoms. The fourth-order valence-corrected chi connectivity index (χ4v) is 11.2. The molecule has 12 aromatic rings. The molecule has 0 saturated carbocycles. The number of hydrogen-bond acceptors (Lipinski definition) is 0. The summed E-state index contributed by atoms with van der Waals surface area (Å²) in [7, 11) is 0. The van der Waals surface area contributed by atoms with E-state index < -0.39 is 0 Å². The van der Waals surface area contributed by atoms with Gasteiger partial charge in [-0.2, -0.15) is 0 Å². The largest absolute Gasteiger partial charge is 0.0622 e. The van der Waals surface area contributed by atoms with Gasteiger partial charge in [-0.15, -0.1) is 0 Å². The Hall–Kier alpha value is -8.32. The summed E-state index contributed by atoms with van der Waals surface area (Å²) < 4.78 is 0. The molecule has 0 amide bonds. The predicted molar refractivity (Wildman–Crippen MR) is 287 cm³/mol. The van der Waals surface area contributed by atoms with E-state index in [0.717, 1.165) is 0 Å². The van der Waals surface area contributed by atoms with Crippen LogP contribution in [0.15, 0.2) is 243 Å². The molecule has 1 aliphatic rings. The molecule has 0 saturated heterocycles. The maximum Gasteiger partial charge on any atom is 0.0159 e. The minimum Gasteiger partial charge on any atom is -0.0622 e. The fourth-order valence-electron chi connectivity index (χ4n) is 11.2. The smallest absolute Gasteiger partial charge is 0.0159 e. The summed E-state index contributed by atoms with van der Waals surface area (Å²) in [5, 5.41) is 10.0. The van der Waals surface area contributed by atoms with Crippen molar-refractivity contribution in [1.29, 1.82) is 0 Å². The second-order valence-electron chi connectivity index (χ2n) is 18.9. The fraction of sp³-hybridized carbons (Fsp3) is 0.0448. The lowest BCUT2D eigenvalue weighted by Gasteiger charge is -2.23. The van der Waals surface area contributed by atoms with E-state index in [0.29, 0.717) is 0 Å². The van der Waals surface area contributed by atoms with E-state index in [1.54, 1.807) is 0 Å². The van der Waals surface area contributed by atoms with E-state index in [2.05, 4.69) is 257 Å². The van der Waals surface area contributed by atoms with Crippen LogP contribution in [-0.4, -0.2) is 0 Å². The topological polar surface area (TPSA) is 0 Å². The Balaban J connectivity index is 0.850. The molecule has 12 aromatic carbocycles. The SMILES string of the molecule is CC1(C)c2cc(-c3cccc(-c4ccccc4)c3)ccc2-c2ccc(-c3ccc4cc(-c5c6ccccc6c(-c6cccc(-c7ccc8ccccc8c7)c6)c6ccccc56)ccc4c3)cc21. The standard InChI is InChI=1S/C67H46/c1-67(2)63-41-53(47-19-12-18-46(36-47)43-14-4-3-5-15-43)32-34-57(63)58-35-33-54(42-64(58)67)51-28-29-52-40-56(31-30-50(52)38-51)66-61-24-10-8-22-59(61)65(60-23-9-11-25-62(60)66)55-21-13-20-48(39-55)49-27-26-44-16-6-7-17-45(44)37-49/h3-42H,1-2H3. The number of fused-ring (bicyclic) bond motifs is 7. The summed E-state index contributed by atoms with van der Waals surface area (Å²) in [5.74, 6) is 0. The second kappa shape index (κ2) is 15.4. The second-order valence-corrected chi connectivity index (χ2v) is 18.9. The molecule has 0 radical (unpaired) electrons.